The van der Waals surface area contributed by atoms with E-state index in [1.54, 1.807) is 53.2 Å². The number of unbranched alkanes of at least 4 members (excludes halogenated alkanes) is 3. The maximum atomic E-state index is 13.8. The molecule has 196 valence electrons. The molecule has 2 heterocycles. The van der Waals surface area contributed by atoms with Crippen LogP contribution in [0.1, 0.15) is 68.8 Å². The fourth-order valence-corrected chi connectivity index (χ4v) is 4.44. The van der Waals surface area contributed by atoms with Crippen molar-refractivity contribution in [1.29, 1.82) is 0 Å². The normalized spacial score (nSPS) is 18.0. The summed E-state index contributed by atoms with van der Waals surface area (Å²) in [5.41, 5.74) is 6.24. The second-order valence-corrected chi connectivity index (χ2v) is 8.86. The van der Waals surface area contributed by atoms with E-state index in [1.165, 1.54) is 7.11 Å². The van der Waals surface area contributed by atoms with Crippen LogP contribution in [0.25, 0.3) is 0 Å². The summed E-state index contributed by atoms with van der Waals surface area (Å²) in [5, 5.41) is 0. The van der Waals surface area contributed by atoms with E-state index in [0.29, 0.717) is 36.6 Å². The average molecular weight is 501 g/mol. The van der Waals surface area contributed by atoms with Crippen molar-refractivity contribution in [3.63, 3.8) is 0 Å². The molecule has 0 unspecified atom stereocenters. The maximum absolute atomic E-state index is 13.8. The third-order valence-electron chi connectivity index (χ3n) is 6.28. The first-order valence-electron chi connectivity index (χ1n) is 12.5. The van der Waals surface area contributed by atoms with Crippen LogP contribution in [0.4, 0.5) is 5.82 Å². The lowest BCUT2D eigenvalue weighted by atomic mass is 10.1. The molecule has 0 bridgehead atoms. The van der Waals surface area contributed by atoms with Crippen molar-refractivity contribution in [1.82, 2.24) is 14.5 Å². The lowest BCUT2D eigenvalue weighted by Gasteiger charge is -2.28. The molecule has 36 heavy (non-hydrogen) atoms. The van der Waals surface area contributed by atoms with Gasteiger partial charge in [0.2, 0.25) is 5.91 Å². The first-order chi connectivity index (χ1) is 17.4. The van der Waals surface area contributed by atoms with Crippen LogP contribution >= 0.6 is 0 Å². The largest absolute Gasteiger partial charge is 0.488 e. The number of esters is 2. The Bertz CT molecular complexity index is 1020. The minimum atomic E-state index is -0.759. The summed E-state index contributed by atoms with van der Waals surface area (Å²) < 4.78 is 17.8. The number of ether oxygens (including phenoxy) is 3. The van der Waals surface area contributed by atoms with Crippen molar-refractivity contribution >= 4 is 23.7 Å². The summed E-state index contributed by atoms with van der Waals surface area (Å²) in [6.45, 7) is 4.41. The molecule has 1 aromatic heterocycles. The number of anilines is 1. The summed E-state index contributed by atoms with van der Waals surface area (Å²) >= 11 is 0. The Morgan fingerprint density at radius 2 is 1.89 bits per heavy atom. The zero-order valence-corrected chi connectivity index (χ0v) is 21.2. The van der Waals surface area contributed by atoms with Gasteiger partial charge in [0.25, 0.3) is 0 Å². The van der Waals surface area contributed by atoms with Gasteiger partial charge in [0.05, 0.1) is 32.2 Å². The standard InChI is InChI=1S/C26H36N4O6/c1-4-6-7-8-9-21(29-16-23(27)28-17-29)24(31)30-15-20(14-22(30)26(33)34-3)36-19-12-10-18(11-13-19)25(32)35-5-2/h10-13,16-17,20-22H,4-9,14-15,27H2,1-3H3/t20-,21+,22-/m0/s1. The first kappa shape index (κ1) is 27.0. The molecule has 1 aliphatic heterocycles. The number of aromatic nitrogens is 2. The van der Waals surface area contributed by atoms with Gasteiger partial charge in [0, 0.05) is 12.6 Å². The van der Waals surface area contributed by atoms with E-state index in [0.717, 1.165) is 25.7 Å². The number of nitrogen functional groups attached to an aromatic ring is 1. The summed E-state index contributed by atoms with van der Waals surface area (Å²) in [7, 11) is 1.31. The van der Waals surface area contributed by atoms with Crippen LogP contribution in [-0.2, 0) is 19.1 Å². The average Bonchev–Trinajstić information content (AvgIpc) is 3.50. The Balaban J connectivity index is 1.75. The number of hydrogen-bond donors (Lipinski definition) is 1. The Kier molecular flexibility index (Phi) is 9.72. The summed E-state index contributed by atoms with van der Waals surface area (Å²) in [5.74, 6) is -0.216. The molecule has 1 amide bonds. The van der Waals surface area contributed by atoms with Crippen LogP contribution in [0, 0.1) is 0 Å². The highest BCUT2D eigenvalue weighted by Crippen LogP contribution is 2.29. The Hall–Kier alpha value is -3.56. The molecule has 1 aromatic carbocycles. The Morgan fingerprint density at radius 1 is 1.14 bits per heavy atom. The van der Waals surface area contributed by atoms with Gasteiger partial charge in [0.15, 0.2) is 0 Å². The number of amides is 1. The number of benzene rings is 1. The van der Waals surface area contributed by atoms with Crippen LogP contribution in [0.15, 0.2) is 36.8 Å². The van der Waals surface area contributed by atoms with Crippen LogP contribution in [-0.4, -0.2) is 64.7 Å². The molecule has 3 rings (SSSR count). The number of hydrogen-bond acceptors (Lipinski definition) is 8. The third-order valence-corrected chi connectivity index (χ3v) is 6.28. The number of imidazole rings is 1. The van der Waals surface area contributed by atoms with Crippen LogP contribution in [0.2, 0.25) is 0 Å². The number of carbonyl (C=O) groups is 3. The van der Waals surface area contributed by atoms with E-state index < -0.39 is 30.1 Å². The van der Waals surface area contributed by atoms with E-state index in [-0.39, 0.29) is 12.5 Å². The Labute approximate surface area is 211 Å². The van der Waals surface area contributed by atoms with Gasteiger partial charge in [-0.25, -0.2) is 14.6 Å². The second kappa shape index (κ2) is 12.9. The molecule has 0 spiro atoms. The lowest BCUT2D eigenvalue weighted by molar-refractivity contribution is -0.152. The van der Waals surface area contributed by atoms with E-state index >= 15 is 0 Å². The monoisotopic (exact) mass is 500 g/mol. The highest BCUT2D eigenvalue weighted by Gasteiger charge is 2.43. The van der Waals surface area contributed by atoms with E-state index in [9.17, 15) is 14.4 Å². The van der Waals surface area contributed by atoms with E-state index in [2.05, 4.69) is 11.9 Å². The van der Waals surface area contributed by atoms with Gasteiger partial charge in [-0.1, -0.05) is 32.6 Å². The summed E-state index contributed by atoms with van der Waals surface area (Å²) in [6.07, 6.45) is 7.75. The fourth-order valence-electron chi connectivity index (χ4n) is 4.44. The summed E-state index contributed by atoms with van der Waals surface area (Å²) in [4.78, 5) is 43.9. The highest BCUT2D eigenvalue weighted by molar-refractivity contribution is 5.89. The quantitative estimate of drug-likeness (QED) is 0.347. The molecule has 2 N–H and O–H groups in total. The zero-order chi connectivity index (χ0) is 26.1. The number of likely N-dealkylation sites (tertiary alicyclic amines) is 1. The van der Waals surface area contributed by atoms with Crippen LogP contribution in [0.3, 0.4) is 0 Å². The summed E-state index contributed by atoms with van der Waals surface area (Å²) in [6, 6.07) is 5.31. The minimum absolute atomic E-state index is 0.192. The number of nitrogens with two attached hydrogens (primary N) is 1. The molecule has 10 heteroatoms. The van der Waals surface area contributed by atoms with Crippen molar-refractivity contribution < 1.29 is 28.6 Å². The van der Waals surface area contributed by atoms with E-state index in [4.69, 9.17) is 19.9 Å². The minimum Gasteiger partial charge on any atom is -0.488 e. The van der Waals surface area contributed by atoms with Crippen LogP contribution < -0.4 is 10.5 Å². The number of methoxy groups -OCH3 is 1. The third kappa shape index (κ3) is 6.77. The molecule has 1 aliphatic rings. The van der Waals surface area contributed by atoms with Gasteiger partial charge in [-0.15, -0.1) is 0 Å². The van der Waals surface area contributed by atoms with Crippen LogP contribution in [0.5, 0.6) is 5.75 Å². The van der Waals surface area contributed by atoms with Crippen molar-refractivity contribution in [2.45, 2.75) is 70.6 Å². The predicted octanol–water partition coefficient (Wildman–Crippen LogP) is 3.38. The molecule has 0 radical (unpaired) electrons. The molecule has 1 fully saturated rings. The van der Waals surface area contributed by atoms with Gasteiger partial charge in [0.1, 0.15) is 29.8 Å². The van der Waals surface area contributed by atoms with E-state index in [1.807, 2.05) is 0 Å². The molecular formula is C26H36N4O6. The number of carbonyl (C=O) groups excluding carboxylic acids is 3. The molecule has 0 saturated carbocycles. The van der Waals surface area contributed by atoms with Gasteiger partial charge < -0.3 is 29.4 Å². The van der Waals surface area contributed by atoms with Gasteiger partial charge in [-0.2, -0.15) is 0 Å². The first-order valence-corrected chi connectivity index (χ1v) is 12.5. The SMILES string of the molecule is CCCCCC[C@H](C(=O)N1C[C@@H](Oc2ccc(C(=O)OCC)cc2)C[C@H]1C(=O)OC)n1cnc(N)c1. The lowest BCUT2D eigenvalue weighted by Crippen LogP contribution is -2.44. The number of nitrogens with zero attached hydrogens (tertiary/aromatic N) is 3. The van der Waals surface area contributed by atoms with Gasteiger partial charge in [-0.05, 0) is 37.6 Å². The fraction of sp³-hybridized carbons (Fsp3) is 0.538. The predicted molar refractivity (Wildman–Crippen MR) is 133 cm³/mol. The van der Waals surface area contributed by atoms with Crippen molar-refractivity contribution in [3.8, 4) is 5.75 Å². The van der Waals surface area contributed by atoms with Crippen molar-refractivity contribution in [3.05, 3.63) is 42.4 Å². The molecule has 1 saturated heterocycles. The molecular weight excluding hydrogens is 464 g/mol. The smallest absolute Gasteiger partial charge is 0.338 e. The molecule has 3 atom stereocenters. The second-order valence-electron chi connectivity index (χ2n) is 8.86. The highest BCUT2D eigenvalue weighted by atomic mass is 16.5. The molecule has 10 nitrogen and oxygen atoms in total. The zero-order valence-electron chi connectivity index (χ0n) is 21.2. The van der Waals surface area contributed by atoms with Crippen molar-refractivity contribution in [2.24, 2.45) is 0 Å². The Morgan fingerprint density at radius 3 is 2.50 bits per heavy atom. The topological polar surface area (TPSA) is 126 Å². The van der Waals surface area contributed by atoms with Crippen molar-refractivity contribution in [2.75, 3.05) is 26.0 Å². The molecule has 2 aromatic rings. The van der Waals surface area contributed by atoms with Gasteiger partial charge in [-0.3, -0.25) is 4.79 Å². The molecule has 0 aliphatic carbocycles. The van der Waals surface area contributed by atoms with Gasteiger partial charge >= 0.3 is 11.9 Å². The number of rotatable bonds is 12. The maximum Gasteiger partial charge on any atom is 0.338 e.